The Hall–Kier alpha value is -3.39. The summed E-state index contributed by atoms with van der Waals surface area (Å²) in [6, 6.07) is 13.8. The molecule has 5 N–H and O–H groups in total. The number of carboxylic acid groups (broad SMARTS) is 2. The minimum Gasteiger partial charge on any atom is -0.478 e. The molecule has 3 aromatic carbocycles. The monoisotopic (exact) mass is 458 g/mol. The van der Waals surface area contributed by atoms with Crippen LogP contribution in [0.2, 0.25) is 0 Å². The van der Waals surface area contributed by atoms with Crippen LogP contribution in [0.5, 0.6) is 0 Å². The van der Waals surface area contributed by atoms with E-state index in [2.05, 4.69) is 21.2 Å². The number of aromatic carboxylic acids is 2. The number of hydrogen-bond acceptors (Lipinski definition) is 4. The van der Waals surface area contributed by atoms with Gasteiger partial charge in [-0.15, -0.1) is 0 Å². The van der Waals surface area contributed by atoms with Crippen LogP contribution in [0.25, 0.3) is 0 Å². The lowest BCUT2D eigenvalue weighted by molar-refractivity contribution is 0.0687. The van der Waals surface area contributed by atoms with Crippen molar-refractivity contribution in [3.8, 4) is 0 Å². The predicted molar refractivity (Wildman–Crippen MR) is 111 cm³/mol. The van der Waals surface area contributed by atoms with E-state index in [4.69, 9.17) is 5.73 Å². The molecule has 0 amide bonds. The number of nitrogens with two attached hydrogens (primary N) is 1. The van der Waals surface area contributed by atoms with Gasteiger partial charge in [0.05, 0.1) is 22.5 Å². The molecule has 0 aliphatic rings. The van der Waals surface area contributed by atoms with Crippen LogP contribution in [0.4, 0.5) is 21.5 Å². The zero-order chi connectivity index (χ0) is 21.1. The second kappa shape index (κ2) is 8.32. The Balaban J connectivity index is 1.91. The van der Waals surface area contributed by atoms with Gasteiger partial charge in [0.15, 0.2) is 0 Å². The minimum absolute atomic E-state index is 0.00930. The summed E-state index contributed by atoms with van der Waals surface area (Å²) in [5.74, 6) is -2.83. The number of benzene rings is 3. The van der Waals surface area contributed by atoms with E-state index < -0.39 is 17.8 Å². The van der Waals surface area contributed by atoms with Gasteiger partial charge in [0.1, 0.15) is 5.82 Å². The molecule has 0 spiro atoms. The van der Waals surface area contributed by atoms with Gasteiger partial charge in [-0.2, -0.15) is 0 Å². The van der Waals surface area contributed by atoms with Crippen LogP contribution >= 0.6 is 15.9 Å². The van der Waals surface area contributed by atoms with Crippen LogP contribution in [0, 0.1) is 5.82 Å². The fourth-order valence-electron chi connectivity index (χ4n) is 2.86. The maximum Gasteiger partial charge on any atom is 0.337 e. The zero-order valence-corrected chi connectivity index (χ0v) is 16.5. The number of carbonyl (C=O) groups is 2. The molecule has 0 heterocycles. The van der Waals surface area contributed by atoms with Crippen LogP contribution in [-0.2, 0) is 6.42 Å². The largest absolute Gasteiger partial charge is 0.478 e. The van der Waals surface area contributed by atoms with E-state index in [1.54, 1.807) is 24.3 Å². The molecule has 29 heavy (non-hydrogen) atoms. The van der Waals surface area contributed by atoms with Crippen molar-refractivity contribution >= 4 is 44.9 Å². The van der Waals surface area contributed by atoms with Gasteiger partial charge in [-0.3, -0.25) is 0 Å². The summed E-state index contributed by atoms with van der Waals surface area (Å²) in [7, 11) is 0. The molecule has 0 aliphatic heterocycles. The van der Waals surface area contributed by atoms with E-state index in [0.717, 1.165) is 0 Å². The molecule has 6 nitrogen and oxygen atoms in total. The molecular weight excluding hydrogens is 443 g/mol. The molecule has 0 bridgehead atoms. The third-order valence-electron chi connectivity index (χ3n) is 4.27. The third-order valence-corrected chi connectivity index (χ3v) is 4.76. The molecule has 0 saturated carbocycles. The summed E-state index contributed by atoms with van der Waals surface area (Å²) >= 11 is 3.17. The van der Waals surface area contributed by atoms with Crippen molar-refractivity contribution in [1.82, 2.24) is 0 Å². The van der Waals surface area contributed by atoms with Gasteiger partial charge in [0, 0.05) is 10.2 Å². The molecule has 3 rings (SSSR count). The van der Waals surface area contributed by atoms with Crippen molar-refractivity contribution in [1.29, 1.82) is 0 Å². The summed E-state index contributed by atoms with van der Waals surface area (Å²) in [5, 5.41) is 21.6. The van der Waals surface area contributed by atoms with Gasteiger partial charge in [-0.25, -0.2) is 14.0 Å². The fourth-order valence-corrected chi connectivity index (χ4v) is 3.19. The van der Waals surface area contributed by atoms with Gasteiger partial charge in [0.25, 0.3) is 0 Å². The number of carboxylic acids is 2. The first kappa shape index (κ1) is 20.3. The lowest BCUT2D eigenvalue weighted by atomic mass is 9.99. The van der Waals surface area contributed by atoms with Crippen molar-refractivity contribution in [2.45, 2.75) is 6.42 Å². The van der Waals surface area contributed by atoms with Crippen molar-refractivity contribution in [3.63, 3.8) is 0 Å². The van der Waals surface area contributed by atoms with Gasteiger partial charge < -0.3 is 21.3 Å². The molecule has 0 atom stereocenters. The lowest BCUT2D eigenvalue weighted by Crippen LogP contribution is -2.06. The number of halogens is 2. The summed E-state index contributed by atoms with van der Waals surface area (Å²) < 4.78 is 14.6. The fraction of sp³-hybridized carbons (Fsp3) is 0.0476. The standard InChI is InChI=1S/C21H16BrFN2O4/c22-13-3-6-19(16(23)10-13)25-18-5-2-12(9-15(18)21(28)29)7-11-1-4-17(24)14(8-11)20(26)27/h1-6,8-10,25H,7,24H2,(H,26,27)(H,28,29). The highest BCUT2D eigenvalue weighted by Crippen LogP contribution is 2.27. The molecule has 0 aromatic heterocycles. The van der Waals surface area contributed by atoms with E-state index in [1.807, 2.05) is 0 Å². The average Bonchev–Trinajstić information content (AvgIpc) is 2.66. The second-order valence-electron chi connectivity index (χ2n) is 6.34. The predicted octanol–water partition coefficient (Wildman–Crippen LogP) is 4.90. The van der Waals surface area contributed by atoms with Crippen molar-refractivity contribution in [2.75, 3.05) is 11.1 Å². The summed E-state index contributed by atoms with van der Waals surface area (Å²) in [6.07, 6.45) is 0.313. The quantitative estimate of drug-likeness (QED) is 0.390. The highest BCUT2D eigenvalue weighted by Gasteiger charge is 2.14. The number of hydrogen-bond donors (Lipinski definition) is 4. The van der Waals surface area contributed by atoms with Crippen LogP contribution in [-0.4, -0.2) is 22.2 Å². The van der Waals surface area contributed by atoms with Crippen LogP contribution in [0.15, 0.2) is 59.1 Å². The summed E-state index contributed by atoms with van der Waals surface area (Å²) in [4.78, 5) is 22.9. The first-order valence-corrected chi connectivity index (χ1v) is 9.24. The summed E-state index contributed by atoms with van der Waals surface area (Å²) in [6.45, 7) is 0. The molecule has 0 radical (unpaired) electrons. The molecule has 148 valence electrons. The highest BCUT2D eigenvalue weighted by atomic mass is 79.9. The first-order valence-electron chi connectivity index (χ1n) is 8.44. The molecule has 0 aliphatic carbocycles. The molecule has 0 saturated heterocycles. The number of nitrogens with one attached hydrogen (secondary N) is 1. The van der Waals surface area contributed by atoms with Crippen LogP contribution < -0.4 is 11.1 Å². The SMILES string of the molecule is Nc1ccc(Cc2ccc(Nc3ccc(Br)cc3F)c(C(=O)O)c2)cc1C(=O)O. The Morgan fingerprint density at radius 1 is 0.897 bits per heavy atom. The third kappa shape index (κ3) is 4.72. The molecule has 0 fully saturated rings. The Bertz CT molecular complexity index is 1120. The topological polar surface area (TPSA) is 113 Å². The molecule has 3 aromatic rings. The maximum absolute atomic E-state index is 14.1. The van der Waals surface area contributed by atoms with Gasteiger partial charge in [-0.1, -0.05) is 28.1 Å². The smallest absolute Gasteiger partial charge is 0.337 e. The van der Waals surface area contributed by atoms with Gasteiger partial charge in [-0.05, 0) is 60.0 Å². The van der Waals surface area contributed by atoms with Crippen LogP contribution in [0.3, 0.4) is 0 Å². The number of anilines is 3. The normalized spacial score (nSPS) is 10.6. The van der Waals surface area contributed by atoms with E-state index in [9.17, 15) is 24.2 Å². The van der Waals surface area contributed by atoms with Crippen LogP contribution in [0.1, 0.15) is 31.8 Å². The Labute approximate surface area is 173 Å². The van der Waals surface area contributed by atoms with E-state index in [1.165, 1.54) is 30.3 Å². The maximum atomic E-state index is 14.1. The highest BCUT2D eigenvalue weighted by molar-refractivity contribution is 9.10. The summed E-state index contributed by atoms with van der Waals surface area (Å²) in [5.41, 5.74) is 7.50. The molecular formula is C21H16BrFN2O4. The average molecular weight is 459 g/mol. The number of rotatable bonds is 6. The number of nitrogen functional groups attached to an aromatic ring is 1. The van der Waals surface area contributed by atoms with E-state index in [0.29, 0.717) is 22.0 Å². The first-order chi connectivity index (χ1) is 13.7. The van der Waals surface area contributed by atoms with Crippen molar-refractivity contribution in [2.24, 2.45) is 0 Å². The molecule has 0 unspecified atom stereocenters. The zero-order valence-electron chi connectivity index (χ0n) is 14.9. The van der Waals surface area contributed by atoms with Crippen molar-refractivity contribution in [3.05, 3.63) is 87.1 Å². The van der Waals surface area contributed by atoms with E-state index in [-0.39, 0.29) is 28.2 Å². The Morgan fingerprint density at radius 2 is 1.48 bits per heavy atom. The Kier molecular flexibility index (Phi) is 5.84. The van der Waals surface area contributed by atoms with Gasteiger partial charge >= 0.3 is 11.9 Å². The second-order valence-corrected chi connectivity index (χ2v) is 7.25. The van der Waals surface area contributed by atoms with E-state index >= 15 is 0 Å². The Morgan fingerprint density at radius 3 is 2.10 bits per heavy atom. The van der Waals surface area contributed by atoms with Gasteiger partial charge in [0.2, 0.25) is 0 Å². The minimum atomic E-state index is -1.17. The van der Waals surface area contributed by atoms with Crippen molar-refractivity contribution < 1.29 is 24.2 Å². The lowest BCUT2D eigenvalue weighted by Gasteiger charge is -2.13. The molecule has 8 heteroatoms.